The Morgan fingerprint density at radius 3 is 1.95 bits per heavy atom. The molecule has 1 saturated carbocycles. The molecule has 6 N–H and O–H groups in total. The largest absolute Gasteiger partial charge is 0.504 e. The summed E-state index contributed by atoms with van der Waals surface area (Å²) in [6.45, 7) is 5.36. The molecule has 3 aliphatic heterocycles. The number of aliphatic carboxylic acids is 3. The van der Waals surface area contributed by atoms with Crippen molar-refractivity contribution in [2.24, 2.45) is 5.92 Å². The van der Waals surface area contributed by atoms with Crippen LogP contribution in [0.3, 0.4) is 0 Å². The molecule has 352 valence electrons. The highest BCUT2D eigenvalue weighted by molar-refractivity contribution is 5.87. The number of nitrogens with one attached hydrogen (secondary N) is 1. The number of fused-ring (bicyclic) bond motifs is 4. The molecule has 4 atom stereocenters. The van der Waals surface area contributed by atoms with E-state index < -0.39 is 35.0 Å². The van der Waals surface area contributed by atoms with Gasteiger partial charge in [-0.05, 0) is 74.2 Å². The number of aryl methyl sites for hydroxylation is 1. The second kappa shape index (κ2) is 18.8. The van der Waals surface area contributed by atoms with Crippen LogP contribution in [0.4, 0.5) is 0 Å². The number of amides is 1. The Balaban J connectivity index is 0.825. The second-order valence-electron chi connectivity index (χ2n) is 19.5. The number of rotatable bonds is 17. The van der Waals surface area contributed by atoms with Gasteiger partial charge in [0, 0.05) is 101 Å². The molecule has 1 aromatic heterocycles. The summed E-state index contributed by atoms with van der Waals surface area (Å²) in [6.07, 6.45) is 7.70. The number of ether oxygens (including phenoxy) is 1. The third-order valence-electron chi connectivity index (χ3n) is 15.3. The Morgan fingerprint density at radius 2 is 1.34 bits per heavy atom. The summed E-state index contributed by atoms with van der Waals surface area (Å²) in [5, 5.41) is 57.3. The summed E-state index contributed by atoms with van der Waals surface area (Å²) in [5.41, 5.74) is 3.93. The predicted molar refractivity (Wildman–Crippen MR) is 240 cm³/mol. The smallest absolute Gasteiger partial charge is 0.317 e. The Hall–Kier alpha value is -4.78. The van der Waals surface area contributed by atoms with E-state index in [1.165, 1.54) is 18.4 Å². The molecule has 2 saturated heterocycles. The molecular weight excluding hydrogens is 835 g/mol. The van der Waals surface area contributed by atoms with Crippen LogP contribution in [0.1, 0.15) is 73.4 Å². The van der Waals surface area contributed by atoms with E-state index in [1.54, 1.807) is 20.8 Å². The zero-order valence-corrected chi connectivity index (χ0v) is 37.3. The number of benzene rings is 2. The van der Waals surface area contributed by atoms with Crippen LogP contribution in [0.25, 0.3) is 10.9 Å². The summed E-state index contributed by atoms with van der Waals surface area (Å²) in [4.78, 5) is 57.8. The molecule has 2 bridgehead atoms. The van der Waals surface area contributed by atoms with Gasteiger partial charge in [-0.15, -0.1) is 0 Å². The molecule has 1 amide bonds. The fourth-order valence-electron chi connectivity index (χ4n) is 12.1. The van der Waals surface area contributed by atoms with Gasteiger partial charge in [0.1, 0.15) is 0 Å². The number of carboxylic acids is 3. The molecule has 6 aliphatic rings. The van der Waals surface area contributed by atoms with Gasteiger partial charge in [-0.25, -0.2) is 0 Å². The standard InChI is InChI=1S/C48H65N7O10/c56-37-12-11-33-25-38-48(64)26-35-34-7-3-4-8-36(34)55(44(35)46-47(48,43(33)45(37)65-46)13-16-54(38)27-32-9-10-32)15-6-2-1-5-14-49-39(57)28-50-17-19-51(29-40(58)59)21-23-53(31-42(62)63)24-22-52(20-18-50)30-41(60)61/h3-4,7-8,11-12,32,38,46,56,64H,1-2,5-6,9-10,13-31H2,(H,49,57)(H,58,59)(H,60,61)(H,62,63)/t38-,46-,47-,48+/m0/s1. The Kier molecular flexibility index (Phi) is 13.2. The normalized spacial score (nSPS) is 26.4. The molecule has 9 rings (SSSR count). The van der Waals surface area contributed by atoms with E-state index in [0.717, 1.165) is 85.9 Å². The topological polar surface area (TPSA) is 212 Å². The molecule has 65 heavy (non-hydrogen) atoms. The summed E-state index contributed by atoms with van der Waals surface area (Å²) in [7, 11) is 0. The number of hydrogen-bond donors (Lipinski definition) is 6. The molecular formula is C48H65N7O10. The number of aromatic hydroxyl groups is 1. The number of aromatic nitrogens is 1. The van der Waals surface area contributed by atoms with Crippen molar-refractivity contribution in [3.8, 4) is 11.5 Å². The fourth-order valence-corrected chi connectivity index (χ4v) is 12.1. The Morgan fingerprint density at radius 1 is 0.738 bits per heavy atom. The number of aliphatic hydroxyl groups is 1. The molecule has 3 aliphatic carbocycles. The van der Waals surface area contributed by atoms with Crippen molar-refractivity contribution < 1.29 is 49.4 Å². The molecule has 0 unspecified atom stereocenters. The first-order valence-corrected chi connectivity index (χ1v) is 23.7. The number of unbranched alkanes of at least 4 members (excludes halogenated alkanes) is 3. The van der Waals surface area contributed by atoms with Crippen LogP contribution in [0.2, 0.25) is 0 Å². The SMILES string of the molecule is O=C(O)CN1CCN(CC(=O)O)CCN(CC(=O)NCCCCCCn2c3c(c4ccccc42)C[C@@]2(O)[C@@H]4Cc5ccc(O)c6c5[C@@]2(CCN4CC2CC2)[C@H]3O6)CCN(CC(=O)O)CC1. The third-order valence-corrected chi connectivity index (χ3v) is 15.3. The first-order chi connectivity index (χ1) is 31.3. The molecule has 1 spiro atoms. The van der Waals surface area contributed by atoms with Gasteiger partial charge in [0.15, 0.2) is 17.6 Å². The number of carboxylic acid groups (broad SMARTS) is 3. The summed E-state index contributed by atoms with van der Waals surface area (Å²) < 4.78 is 9.39. The molecule has 4 heterocycles. The minimum Gasteiger partial charge on any atom is -0.504 e. The van der Waals surface area contributed by atoms with Crippen LogP contribution >= 0.6 is 0 Å². The second-order valence-corrected chi connectivity index (χ2v) is 19.5. The number of phenols is 1. The number of piperidine rings is 1. The number of carbonyl (C=O) groups excluding carboxylic acids is 1. The predicted octanol–water partition coefficient (Wildman–Crippen LogP) is 2.20. The van der Waals surface area contributed by atoms with Crippen LogP contribution in [0.15, 0.2) is 36.4 Å². The minimum absolute atomic E-state index is 0.0256. The monoisotopic (exact) mass is 899 g/mol. The van der Waals surface area contributed by atoms with Crippen LogP contribution in [-0.2, 0) is 44.0 Å². The minimum atomic E-state index is -1.04. The first-order valence-electron chi connectivity index (χ1n) is 23.7. The number of likely N-dealkylation sites (tertiary alicyclic amines) is 1. The van der Waals surface area contributed by atoms with Crippen LogP contribution < -0.4 is 10.1 Å². The number of hydrogen-bond acceptors (Lipinski definition) is 12. The van der Waals surface area contributed by atoms with Gasteiger partial charge in [0.05, 0.1) is 42.9 Å². The summed E-state index contributed by atoms with van der Waals surface area (Å²) in [6, 6.07) is 12.3. The molecule has 3 fully saturated rings. The van der Waals surface area contributed by atoms with Crippen molar-refractivity contribution in [1.82, 2.24) is 34.4 Å². The number of para-hydroxylation sites is 1. The van der Waals surface area contributed by atoms with Crippen LogP contribution in [0.5, 0.6) is 11.5 Å². The Bertz CT molecular complexity index is 2250. The molecule has 0 radical (unpaired) electrons. The highest BCUT2D eigenvalue weighted by atomic mass is 16.5. The fraction of sp³-hybridized carbons (Fsp3) is 0.625. The lowest BCUT2D eigenvalue weighted by Gasteiger charge is -2.63. The van der Waals surface area contributed by atoms with E-state index >= 15 is 0 Å². The van der Waals surface area contributed by atoms with Crippen LogP contribution in [0, 0.1) is 5.92 Å². The number of carbonyl (C=O) groups is 4. The maximum atomic E-state index is 13.3. The summed E-state index contributed by atoms with van der Waals surface area (Å²) in [5.74, 6) is -1.76. The maximum Gasteiger partial charge on any atom is 0.317 e. The van der Waals surface area contributed by atoms with E-state index in [4.69, 9.17) is 4.74 Å². The number of nitrogens with zero attached hydrogens (tertiary/aromatic N) is 6. The van der Waals surface area contributed by atoms with Crippen molar-refractivity contribution >= 4 is 34.7 Å². The van der Waals surface area contributed by atoms with Gasteiger partial charge in [-0.1, -0.05) is 37.1 Å². The zero-order chi connectivity index (χ0) is 45.5. The van der Waals surface area contributed by atoms with Crippen LogP contribution in [-0.4, -0.2) is 188 Å². The van der Waals surface area contributed by atoms with E-state index in [0.29, 0.717) is 77.0 Å². The average Bonchev–Trinajstić information content (AvgIpc) is 3.93. The molecule has 2 aromatic carbocycles. The van der Waals surface area contributed by atoms with Gasteiger partial charge in [-0.3, -0.25) is 43.7 Å². The lowest BCUT2D eigenvalue weighted by Crippen LogP contribution is -2.74. The lowest BCUT2D eigenvalue weighted by atomic mass is 9.49. The summed E-state index contributed by atoms with van der Waals surface area (Å²) >= 11 is 0. The zero-order valence-electron chi connectivity index (χ0n) is 37.3. The lowest BCUT2D eigenvalue weighted by molar-refractivity contribution is -0.173. The highest BCUT2D eigenvalue weighted by Crippen LogP contribution is 2.69. The van der Waals surface area contributed by atoms with Gasteiger partial charge in [0.25, 0.3) is 0 Å². The van der Waals surface area contributed by atoms with Gasteiger partial charge >= 0.3 is 17.9 Å². The molecule has 17 heteroatoms. The molecule has 3 aromatic rings. The van der Waals surface area contributed by atoms with Crippen molar-refractivity contribution in [2.45, 2.75) is 87.5 Å². The number of phenolic OH excluding ortho intramolecular Hbond substituents is 1. The van der Waals surface area contributed by atoms with E-state index in [-0.39, 0.29) is 43.9 Å². The first kappa shape index (κ1) is 45.4. The van der Waals surface area contributed by atoms with Gasteiger partial charge < -0.3 is 40.2 Å². The third kappa shape index (κ3) is 9.07. The van der Waals surface area contributed by atoms with Crippen molar-refractivity contribution in [2.75, 3.05) is 98.2 Å². The quantitative estimate of drug-likeness (QED) is 0.107. The van der Waals surface area contributed by atoms with E-state index in [9.17, 15) is 44.7 Å². The van der Waals surface area contributed by atoms with E-state index in [2.05, 4.69) is 45.1 Å². The van der Waals surface area contributed by atoms with Gasteiger partial charge in [-0.2, -0.15) is 0 Å². The van der Waals surface area contributed by atoms with Crippen molar-refractivity contribution in [1.29, 1.82) is 0 Å². The van der Waals surface area contributed by atoms with Crippen molar-refractivity contribution in [3.63, 3.8) is 0 Å². The molecule has 17 nitrogen and oxygen atoms in total. The van der Waals surface area contributed by atoms with Gasteiger partial charge in [0.2, 0.25) is 5.91 Å². The maximum absolute atomic E-state index is 13.3. The van der Waals surface area contributed by atoms with E-state index in [1.807, 2.05) is 4.90 Å². The highest BCUT2D eigenvalue weighted by Gasteiger charge is 2.73. The average molecular weight is 900 g/mol. The van der Waals surface area contributed by atoms with Crippen molar-refractivity contribution in [3.05, 3.63) is 58.8 Å². The Labute approximate surface area is 379 Å².